The molecule has 0 spiro atoms. The van der Waals surface area contributed by atoms with Crippen LogP contribution in [0.5, 0.6) is 0 Å². The molecule has 90 valence electrons. The average molecular weight is 268 g/mol. The van der Waals surface area contributed by atoms with E-state index in [1.165, 1.54) is 11.5 Å². The van der Waals surface area contributed by atoms with E-state index in [4.69, 9.17) is 11.6 Å². The molecule has 3 nitrogen and oxygen atoms in total. The van der Waals surface area contributed by atoms with Gasteiger partial charge in [-0.2, -0.15) is 0 Å². The number of hydrogen-bond acceptors (Lipinski definition) is 4. The molecule has 0 unspecified atom stereocenters. The van der Waals surface area contributed by atoms with E-state index in [2.05, 4.69) is 28.8 Å². The third kappa shape index (κ3) is 3.25. The fraction of sp³-hybridized carbons (Fsp3) is 0.333. The zero-order valence-corrected chi connectivity index (χ0v) is 11.3. The molecule has 0 aliphatic rings. The lowest BCUT2D eigenvalue weighted by atomic mass is 10.1. The zero-order valence-electron chi connectivity index (χ0n) is 9.77. The van der Waals surface area contributed by atoms with Gasteiger partial charge in [0.15, 0.2) is 0 Å². The second kappa shape index (κ2) is 5.58. The van der Waals surface area contributed by atoms with Crippen LogP contribution < -0.4 is 5.32 Å². The molecule has 2 aromatic rings. The summed E-state index contributed by atoms with van der Waals surface area (Å²) < 4.78 is 4.02. The summed E-state index contributed by atoms with van der Waals surface area (Å²) in [6.45, 7) is 5.04. The standard InChI is InChI=1S/C12H14ClN3S/c1-8(2)14-7-11-12(15-16-17-11)9-3-5-10(13)6-4-9/h3-6,8,14H,7H2,1-2H3. The van der Waals surface area contributed by atoms with Gasteiger partial charge in [0.2, 0.25) is 0 Å². The van der Waals surface area contributed by atoms with Crippen LogP contribution >= 0.6 is 23.1 Å². The summed E-state index contributed by atoms with van der Waals surface area (Å²) >= 11 is 7.30. The third-order valence-corrected chi connectivity index (χ3v) is 3.32. The van der Waals surface area contributed by atoms with Crippen molar-refractivity contribution in [1.82, 2.24) is 14.9 Å². The van der Waals surface area contributed by atoms with Crippen LogP contribution in [0.2, 0.25) is 5.02 Å². The van der Waals surface area contributed by atoms with Crippen molar-refractivity contribution in [2.45, 2.75) is 26.4 Å². The molecule has 0 saturated heterocycles. The van der Waals surface area contributed by atoms with Crippen molar-refractivity contribution in [1.29, 1.82) is 0 Å². The van der Waals surface area contributed by atoms with Crippen molar-refractivity contribution in [2.75, 3.05) is 0 Å². The lowest BCUT2D eigenvalue weighted by molar-refractivity contribution is 0.593. The highest BCUT2D eigenvalue weighted by Gasteiger charge is 2.10. The quantitative estimate of drug-likeness (QED) is 0.923. The van der Waals surface area contributed by atoms with Crippen molar-refractivity contribution >= 4 is 23.1 Å². The Bertz CT molecular complexity index is 479. The van der Waals surface area contributed by atoms with Crippen LogP contribution in [0.1, 0.15) is 18.7 Å². The predicted molar refractivity (Wildman–Crippen MR) is 72.3 cm³/mol. The monoisotopic (exact) mass is 267 g/mol. The topological polar surface area (TPSA) is 37.8 Å². The maximum atomic E-state index is 5.87. The minimum Gasteiger partial charge on any atom is -0.310 e. The highest BCUT2D eigenvalue weighted by molar-refractivity contribution is 7.05. The van der Waals surface area contributed by atoms with Gasteiger partial charge in [-0.1, -0.05) is 42.1 Å². The zero-order chi connectivity index (χ0) is 12.3. The molecule has 1 aromatic heterocycles. The van der Waals surface area contributed by atoms with E-state index in [9.17, 15) is 0 Å². The van der Waals surface area contributed by atoms with Crippen molar-refractivity contribution in [3.05, 3.63) is 34.2 Å². The molecule has 0 saturated carbocycles. The minimum absolute atomic E-state index is 0.454. The number of nitrogens with zero attached hydrogens (tertiary/aromatic N) is 2. The van der Waals surface area contributed by atoms with E-state index in [-0.39, 0.29) is 0 Å². The summed E-state index contributed by atoms with van der Waals surface area (Å²) in [6, 6.07) is 8.14. The number of aromatic nitrogens is 2. The smallest absolute Gasteiger partial charge is 0.110 e. The molecule has 0 radical (unpaired) electrons. The summed E-state index contributed by atoms with van der Waals surface area (Å²) in [4.78, 5) is 1.15. The molecule has 0 fully saturated rings. The fourth-order valence-corrected chi connectivity index (χ4v) is 2.19. The molecule has 5 heteroatoms. The Hall–Kier alpha value is -0.970. The SMILES string of the molecule is CC(C)NCc1snnc1-c1ccc(Cl)cc1. The summed E-state index contributed by atoms with van der Waals surface area (Å²) in [5.74, 6) is 0. The molecule has 0 amide bonds. The summed E-state index contributed by atoms with van der Waals surface area (Å²) in [7, 11) is 0. The Morgan fingerprint density at radius 2 is 2.00 bits per heavy atom. The molecule has 0 atom stereocenters. The van der Waals surface area contributed by atoms with Crippen LogP contribution in [-0.2, 0) is 6.54 Å². The summed E-state index contributed by atoms with van der Waals surface area (Å²) in [5.41, 5.74) is 2.00. The maximum Gasteiger partial charge on any atom is 0.110 e. The predicted octanol–water partition coefficient (Wildman–Crippen LogP) is 3.36. The second-order valence-corrected chi connectivity index (χ2v) is 5.36. The lowest BCUT2D eigenvalue weighted by Crippen LogP contribution is -2.21. The Kier molecular flexibility index (Phi) is 4.10. The van der Waals surface area contributed by atoms with Crippen LogP contribution in [0.15, 0.2) is 24.3 Å². The van der Waals surface area contributed by atoms with Gasteiger partial charge in [0, 0.05) is 23.2 Å². The van der Waals surface area contributed by atoms with E-state index < -0.39 is 0 Å². The van der Waals surface area contributed by atoms with Crippen LogP contribution in [-0.4, -0.2) is 15.6 Å². The largest absolute Gasteiger partial charge is 0.310 e. The first-order chi connectivity index (χ1) is 8.16. The fourth-order valence-electron chi connectivity index (χ4n) is 1.45. The Morgan fingerprint density at radius 1 is 1.29 bits per heavy atom. The third-order valence-electron chi connectivity index (χ3n) is 2.34. The lowest BCUT2D eigenvalue weighted by Gasteiger charge is -2.07. The first-order valence-electron chi connectivity index (χ1n) is 5.47. The van der Waals surface area contributed by atoms with Crippen LogP contribution in [0.4, 0.5) is 0 Å². The van der Waals surface area contributed by atoms with E-state index in [1.54, 1.807) is 0 Å². The molecule has 2 rings (SSSR count). The van der Waals surface area contributed by atoms with Crippen LogP contribution in [0.25, 0.3) is 11.3 Å². The Labute approximate surface area is 110 Å². The number of nitrogens with one attached hydrogen (secondary N) is 1. The van der Waals surface area contributed by atoms with E-state index in [0.717, 1.165) is 27.7 Å². The van der Waals surface area contributed by atoms with Crippen molar-refractivity contribution < 1.29 is 0 Å². The molecule has 0 aliphatic carbocycles. The molecule has 1 aromatic carbocycles. The normalized spacial score (nSPS) is 11.1. The van der Waals surface area contributed by atoms with Crippen molar-refractivity contribution in [3.63, 3.8) is 0 Å². The van der Waals surface area contributed by atoms with Crippen LogP contribution in [0.3, 0.4) is 0 Å². The number of rotatable bonds is 4. The van der Waals surface area contributed by atoms with Crippen molar-refractivity contribution in [2.24, 2.45) is 0 Å². The van der Waals surface area contributed by atoms with Gasteiger partial charge in [-0.05, 0) is 23.7 Å². The van der Waals surface area contributed by atoms with Gasteiger partial charge in [-0.15, -0.1) is 5.10 Å². The first kappa shape index (κ1) is 12.5. The highest BCUT2D eigenvalue weighted by atomic mass is 35.5. The number of hydrogen-bond donors (Lipinski definition) is 1. The van der Waals surface area contributed by atoms with Crippen LogP contribution in [0, 0.1) is 0 Å². The van der Waals surface area contributed by atoms with Gasteiger partial charge in [0.05, 0.1) is 4.88 Å². The molecule has 0 bridgehead atoms. The van der Waals surface area contributed by atoms with Gasteiger partial charge in [-0.25, -0.2) is 0 Å². The Morgan fingerprint density at radius 3 is 2.65 bits per heavy atom. The highest BCUT2D eigenvalue weighted by Crippen LogP contribution is 2.25. The van der Waals surface area contributed by atoms with E-state index in [0.29, 0.717) is 6.04 Å². The van der Waals surface area contributed by atoms with Gasteiger partial charge < -0.3 is 5.32 Å². The van der Waals surface area contributed by atoms with E-state index >= 15 is 0 Å². The molecule has 1 N–H and O–H groups in total. The second-order valence-electron chi connectivity index (χ2n) is 4.09. The van der Waals surface area contributed by atoms with Gasteiger partial charge in [0.25, 0.3) is 0 Å². The summed E-state index contributed by atoms with van der Waals surface area (Å²) in [6.07, 6.45) is 0. The molecule has 0 aliphatic heterocycles. The van der Waals surface area contributed by atoms with E-state index in [1.807, 2.05) is 24.3 Å². The minimum atomic E-state index is 0.454. The molecule has 1 heterocycles. The maximum absolute atomic E-state index is 5.87. The van der Waals surface area contributed by atoms with Crippen molar-refractivity contribution in [3.8, 4) is 11.3 Å². The number of halogens is 1. The van der Waals surface area contributed by atoms with Gasteiger partial charge in [-0.3, -0.25) is 0 Å². The Balaban J connectivity index is 2.21. The molecule has 17 heavy (non-hydrogen) atoms. The summed E-state index contributed by atoms with van der Waals surface area (Å²) in [5, 5.41) is 8.29. The molecular formula is C12H14ClN3S. The number of benzene rings is 1. The van der Waals surface area contributed by atoms with Gasteiger partial charge in [0.1, 0.15) is 5.69 Å². The average Bonchev–Trinajstić information content (AvgIpc) is 2.75. The first-order valence-corrected chi connectivity index (χ1v) is 6.62. The van der Waals surface area contributed by atoms with Gasteiger partial charge >= 0.3 is 0 Å². The molecular weight excluding hydrogens is 254 g/mol.